The third kappa shape index (κ3) is 3.33. The summed E-state index contributed by atoms with van der Waals surface area (Å²) in [6.45, 7) is 10.0. The second-order valence-corrected chi connectivity index (χ2v) is 12.0. The van der Waals surface area contributed by atoms with E-state index >= 15 is 0 Å². The highest BCUT2D eigenvalue weighted by Crippen LogP contribution is 2.69. The highest BCUT2D eigenvalue weighted by Gasteiger charge is 2.64. The molecule has 29 heavy (non-hydrogen) atoms. The van der Waals surface area contributed by atoms with E-state index < -0.39 is 0 Å². The summed E-state index contributed by atoms with van der Waals surface area (Å²) in [4.78, 5) is 0. The third-order valence-corrected chi connectivity index (χ3v) is 11.0. The Morgan fingerprint density at radius 1 is 0.931 bits per heavy atom. The molecule has 0 aromatic rings. The molecule has 4 fully saturated rings. The lowest BCUT2D eigenvalue weighted by atomic mass is 9.41. The Balaban J connectivity index is 1.63. The first-order valence-corrected chi connectivity index (χ1v) is 12.7. The van der Waals surface area contributed by atoms with Crippen molar-refractivity contribution in [3.8, 4) is 0 Å². The van der Waals surface area contributed by atoms with Crippen LogP contribution in [-0.4, -0.2) is 34.1 Å². The molecule has 4 aliphatic rings. The van der Waals surface area contributed by atoms with E-state index in [2.05, 4.69) is 27.7 Å². The van der Waals surface area contributed by atoms with Crippen LogP contribution in [0.1, 0.15) is 91.9 Å². The van der Waals surface area contributed by atoms with E-state index in [1.165, 1.54) is 25.7 Å². The van der Waals surface area contributed by atoms with Crippen molar-refractivity contribution in [1.82, 2.24) is 0 Å². The minimum atomic E-state index is -0.190. The standard InChI is InChI=1S/C26H46O3/c1-5-18-22-15-17(28)10-12-26(22,4)21-11-13-25(3)19(16(2)7-6-14-27)8-9-20(25)23(21)24(18)29/h16-24,27-29H,5-15H2,1-4H3/t16-,17-,18+,19?,20?,21?,22+,23?,24-,25-,26-/m1/s1. The molecule has 0 amide bonds. The number of hydrogen-bond donors (Lipinski definition) is 3. The van der Waals surface area contributed by atoms with Crippen LogP contribution in [0.25, 0.3) is 0 Å². The summed E-state index contributed by atoms with van der Waals surface area (Å²) in [5.41, 5.74) is 0.651. The van der Waals surface area contributed by atoms with Crippen LogP contribution in [-0.2, 0) is 0 Å². The van der Waals surface area contributed by atoms with Crippen LogP contribution in [0.2, 0.25) is 0 Å². The Morgan fingerprint density at radius 3 is 2.31 bits per heavy atom. The molecule has 0 saturated heterocycles. The summed E-state index contributed by atoms with van der Waals surface area (Å²) >= 11 is 0. The maximum Gasteiger partial charge on any atom is 0.0605 e. The van der Waals surface area contributed by atoms with Gasteiger partial charge in [-0.1, -0.05) is 34.1 Å². The molecule has 4 unspecified atom stereocenters. The van der Waals surface area contributed by atoms with E-state index in [9.17, 15) is 15.3 Å². The van der Waals surface area contributed by atoms with E-state index in [1.807, 2.05) is 0 Å². The Morgan fingerprint density at radius 2 is 1.62 bits per heavy atom. The van der Waals surface area contributed by atoms with Crippen LogP contribution in [0.15, 0.2) is 0 Å². The summed E-state index contributed by atoms with van der Waals surface area (Å²) in [5, 5.41) is 31.4. The number of hydrogen-bond acceptors (Lipinski definition) is 3. The van der Waals surface area contributed by atoms with Crippen molar-refractivity contribution in [3.05, 3.63) is 0 Å². The monoisotopic (exact) mass is 406 g/mol. The molecule has 4 aliphatic carbocycles. The normalized spacial score (nSPS) is 53.1. The number of rotatable bonds is 5. The van der Waals surface area contributed by atoms with Gasteiger partial charge < -0.3 is 15.3 Å². The van der Waals surface area contributed by atoms with Gasteiger partial charge in [-0.25, -0.2) is 0 Å². The smallest absolute Gasteiger partial charge is 0.0605 e. The lowest BCUT2D eigenvalue weighted by Crippen LogP contribution is -2.62. The van der Waals surface area contributed by atoms with Crippen molar-refractivity contribution >= 4 is 0 Å². The SMILES string of the molecule is CC[C@@H]1[C@@H](O)C2C3CCC([C@H](C)CCCO)[C@@]3(C)CCC2[C@@]2(C)CC[C@@H](O)C[C@@H]12. The summed E-state index contributed by atoms with van der Waals surface area (Å²) < 4.78 is 0. The topological polar surface area (TPSA) is 60.7 Å². The molecule has 0 heterocycles. The van der Waals surface area contributed by atoms with Gasteiger partial charge in [-0.05, 0) is 110 Å². The predicted octanol–water partition coefficient (Wildman–Crippen LogP) is 5.02. The molecule has 168 valence electrons. The largest absolute Gasteiger partial charge is 0.396 e. The van der Waals surface area contributed by atoms with E-state index in [1.54, 1.807) is 0 Å². The van der Waals surface area contributed by atoms with E-state index in [-0.39, 0.29) is 12.2 Å². The van der Waals surface area contributed by atoms with Crippen molar-refractivity contribution in [2.45, 2.75) is 104 Å². The highest BCUT2D eigenvalue weighted by atomic mass is 16.3. The van der Waals surface area contributed by atoms with Crippen LogP contribution >= 0.6 is 0 Å². The Kier molecular flexibility index (Phi) is 6.17. The van der Waals surface area contributed by atoms with Gasteiger partial charge in [0.25, 0.3) is 0 Å². The second-order valence-electron chi connectivity index (χ2n) is 12.0. The molecular weight excluding hydrogens is 360 g/mol. The van der Waals surface area contributed by atoms with Gasteiger partial charge in [0, 0.05) is 6.61 Å². The maximum atomic E-state index is 11.7. The van der Waals surface area contributed by atoms with Crippen molar-refractivity contribution in [2.75, 3.05) is 6.61 Å². The van der Waals surface area contributed by atoms with Gasteiger partial charge in [-0.15, -0.1) is 0 Å². The lowest BCUT2D eigenvalue weighted by Gasteiger charge is -2.64. The average Bonchev–Trinajstić information content (AvgIpc) is 3.05. The summed E-state index contributed by atoms with van der Waals surface area (Å²) in [7, 11) is 0. The fraction of sp³-hybridized carbons (Fsp3) is 1.00. The zero-order valence-corrected chi connectivity index (χ0v) is 19.3. The molecule has 0 radical (unpaired) electrons. The van der Waals surface area contributed by atoms with Crippen molar-refractivity contribution in [2.24, 2.45) is 52.3 Å². The first kappa shape index (κ1) is 22.1. The van der Waals surface area contributed by atoms with Crippen molar-refractivity contribution in [3.63, 3.8) is 0 Å². The van der Waals surface area contributed by atoms with Crippen LogP contribution in [0, 0.1) is 52.3 Å². The average molecular weight is 407 g/mol. The molecule has 3 nitrogen and oxygen atoms in total. The van der Waals surface area contributed by atoms with Crippen LogP contribution in [0.4, 0.5) is 0 Å². The molecule has 11 atom stereocenters. The van der Waals surface area contributed by atoms with Crippen molar-refractivity contribution in [1.29, 1.82) is 0 Å². The molecule has 0 aliphatic heterocycles. The van der Waals surface area contributed by atoms with Crippen LogP contribution in [0.5, 0.6) is 0 Å². The molecule has 4 rings (SSSR count). The van der Waals surface area contributed by atoms with E-state index in [0.29, 0.717) is 52.9 Å². The number of aliphatic hydroxyl groups excluding tert-OH is 3. The Bertz CT molecular complexity index is 578. The quantitative estimate of drug-likeness (QED) is 0.601. The van der Waals surface area contributed by atoms with Crippen molar-refractivity contribution < 1.29 is 15.3 Å². The molecule has 3 heteroatoms. The number of fused-ring (bicyclic) bond motifs is 5. The first-order valence-electron chi connectivity index (χ1n) is 12.7. The molecule has 0 aromatic heterocycles. The Hall–Kier alpha value is -0.120. The maximum absolute atomic E-state index is 11.7. The molecule has 3 N–H and O–H groups in total. The van der Waals surface area contributed by atoms with E-state index in [4.69, 9.17) is 0 Å². The molecular formula is C26H46O3. The van der Waals surface area contributed by atoms with Gasteiger partial charge in [-0.3, -0.25) is 0 Å². The predicted molar refractivity (Wildman–Crippen MR) is 117 cm³/mol. The molecule has 4 saturated carbocycles. The minimum Gasteiger partial charge on any atom is -0.396 e. The van der Waals surface area contributed by atoms with E-state index in [0.717, 1.165) is 44.4 Å². The zero-order chi connectivity index (χ0) is 21.0. The summed E-state index contributed by atoms with van der Waals surface area (Å²) in [5.74, 6) is 3.97. The third-order valence-electron chi connectivity index (χ3n) is 11.0. The first-order chi connectivity index (χ1) is 13.8. The van der Waals surface area contributed by atoms with Gasteiger partial charge in [0.1, 0.15) is 0 Å². The molecule has 0 aromatic carbocycles. The highest BCUT2D eigenvalue weighted by molar-refractivity contribution is 5.13. The van der Waals surface area contributed by atoms with Gasteiger partial charge in [0.2, 0.25) is 0 Å². The van der Waals surface area contributed by atoms with Gasteiger partial charge >= 0.3 is 0 Å². The number of aliphatic hydroxyl groups is 3. The molecule has 0 spiro atoms. The minimum absolute atomic E-state index is 0.164. The fourth-order valence-corrected chi connectivity index (χ4v) is 9.55. The fourth-order valence-electron chi connectivity index (χ4n) is 9.55. The molecule has 0 bridgehead atoms. The van der Waals surface area contributed by atoms with Crippen LogP contribution < -0.4 is 0 Å². The van der Waals surface area contributed by atoms with Gasteiger partial charge in [-0.2, -0.15) is 0 Å². The Labute approximate surface area is 178 Å². The van der Waals surface area contributed by atoms with Gasteiger partial charge in [0.05, 0.1) is 12.2 Å². The summed E-state index contributed by atoms with van der Waals surface area (Å²) in [6.07, 6.45) is 10.9. The summed E-state index contributed by atoms with van der Waals surface area (Å²) in [6, 6.07) is 0. The second kappa shape index (κ2) is 8.10. The zero-order valence-electron chi connectivity index (χ0n) is 19.3. The van der Waals surface area contributed by atoms with Gasteiger partial charge in [0.15, 0.2) is 0 Å². The lowest BCUT2D eigenvalue weighted by molar-refractivity contribution is -0.203. The van der Waals surface area contributed by atoms with Crippen LogP contribution in [0.3, 0.4) is 0 Å².